The largest absolute Gasteiger partial charge is 0.508 e. The van der Waals surface area contributed by atoms with Crippen molar-refractivity contribution in [2.24, 2.45) is 17.6 Å². The molecule has 3 aliphatic rings. The molecule has 0 unspecified atom stereocenters. The first-order valence-corrected chi connectivity index (χ1v) is 11.9. The van der Waals surface area contributed by atoms with Crippen LogP contribution in [0.25, 0.3) is 5.76 Å². The van der Waals surface area contributed by atoms with Crippen molar-refractivity contribution in [1.82, 2.24) is 9.88 Å². The van der Waals surface area contributed by atoms with E-state index < -0.39 is 58.0 Å². The van der Waals surface area contributed by atoms with Crippen molar-refractivity contribution in [2.45, 2.75) is 24.5 Å². The van der Waals surface area contributed by atoms with E-state index in [0.29, 0.717) is 16.8 Å². The van der Waals surface area contributed by atoms with Gasteiger partial charge in [0.05, 0.1) is 11.6 Å². The second-order valence-corrected chi connectivity index (χ2v) is 9.91. The fraction of sp³-hybridized carbons (Fsp3) is 0.286. The molecule has 1 fully saturated rings. The lowest BCUT2D eigenvalue weighted by atomic mass is 9.57. The Morgan fingerprint density at radius 2 is 1.87 bits per heavy atom. The third kappa shape index (κ3) is 3.51. The number of aromatic nitrogens is 1. The van der Waals surface area contributed by atoms with Crippen LogP contribution >= 0.6 is 0 Å². The summed E-state index contributed by atoms with van der Waals surface area (Å²) in [5, 5.41) is 44.4. The summed E-state index contributed by atoms with van der Waals surface area (Å²) in [4.78, 5) is 44.7. The lowest BCUT2D eigenvalue weighted by Crippen LogP contribution is -2.65. The van der Waals surface area contributed by atoms with Gasteiger partial charge in [0, 0.05) is 23.3 Å². The number of Topliss-reactive ketones (excluding diaryl/α,β-unsaturated/α-hetero) is 2. The first-order valence-electron chi connectivity index (χ1n) is 11.9. The molecule has 0 bridgehead atoms. The van der Waals surface area contributed by atoms with Crippen LogP contribution in [0, 0.1) is 23.7 Å². The molecule has 0 aliphatic heterocycles. The average Bonchev–Trinajstić information content (AvgIpc) is 2.86. The van der Waals surface area contributed by atoms with Gasteiger partial charge in [-0.15, -0.1) is 0 Å². The van der Waals surface area contributed by atoms with Gasteiger partial charge in [-0.2, -0.15) is 0 Å². The van der Waals surface area contributed by atoms with Crippen LogP contribution in [0.3, 0.4) is 0 Å². The number of aliphatic hydroxyl groups is 3. The zero-order valence-electron chi connectivity index (χ0n) is 20.6. The smallest absolute Gasteiger partial charge is 0.255 e. The Bertz CT molecular complexity index is 1530. The van der Waals surface area contributed by atoms with Crippen LogP contribution in [0.15, 0.2) is 53.4 Å². The molecule has 2 aromatic rings. The predicted octanol–water partition coefficient (Wildman–Crippen LogP) is 0.759. The summed E-state index contributed by atoms with van der Waals surface area (Å²) in [6.45, 7) is 0. The van der Waals surface area contributed by atoms with Gasteiger partial charge in [-0.05, 0) is 68.6 Å². The quantitative estimate of drug-likeness (QED) is 0.286. The number of likely N-dealkylation sites (N-methyl/N-ethyl adjacent to an activating group) is 1. The van der Waals surface area contributed by atoms with Gasteiger partial charge in [0.2, 0.25) is 5.78 Å². The van der Waals surface area contributed by atoms with E-state index in [1.807, 2.05) is 0 Å². The maximum atomic E-state index is 13.8. The first kappa shape index (κ1) is 25.2. The molecule has 5 rings (SSSR count). The summed E-state index contributed by atoms with van der Waals surface area (Å²) in [7, 11) is 3.10. The third-order valence-corrected chi connectivity index (χ3v) is 7.59. The number of carbonyl (C=O) groups excluding carboxylic acids is 3. The van der Waals surface area contributed by atoms with E-state index in [1.54, 1.807) is 44.6 Å². The Balaban J connectivity index is 1.69. The number of primary amides is 1. The standard InChI is InChI=1S/C28H25N3O7/c1-31(2)22-17-12-14-11-16-13(6-8-15-5-3-4-10-30-15)7-9-18(32)20(16)23(33)19(14)25(35)28(17,38)26(36)21(24(22)34)27(29)37/h3-5,7,9-10,14,17,22,32-33,36,38H,11-12H2,1-2H3,(H2,29,37)/t14-,17-,22-,28-/m1/s1. The number of fused-ring (bicyclic) bond motifs is 3. The van der Waals surface area contributed by atoms with Crippen molar-refractivity contribution in [3.63, 3.8) is 0 Å². The van der Waals surface area contributed by atoms with Crippen molar-refractivity contribution in [1.29, 1.82) is 0 Å². The summed E-state index contributed by atoms with van der Waals surface area (Å²) in [5.74, 6) is -0.943. The van der Waals surface area contributed by atoms with E-state index in [0.717, 1.165) is 0 Å². The Morgan fingerprint density at radius 3 is 2.50 bits per heavy atom. The van der Waals surface area contributed by atoms with E-state index in [4.69, 9.17) is 5.73 Å². The van der Waals surface area contributed by atoms with Crippen LogP contribution in [-0.2, 0) is 20.8 Å². The number of nitrogens with two attached hydrogens (primary N) is 1. The zero-order chi connectivity index (χ0) is 27.5. The minimum absolute atomic E-state index is 0.00545. The molecule has 3 aliphatic carbocycles. The van der Waals surface area contributed by atoms with Crippen molar-refractivity contribution >= 4 is 23.2 Å². The summed E-state index contributed by atoms with van der Waals surface area (Å²) in [5.41, 5.74) is 3.13. The third-order valence-electron chi connectivity index (χ3n) is 7.59. The highest BCUT2D eigenvalue weighted by Gasteiger charge is 2.64. The lowest BCUT2D eigenvalue weighted by Gasteiger charge is -2.50. The second-order valence-electron chi connectivity index (χ2n) is 9.91. The van der Waals surface area contributed by atoms with Crippen LogP contribution in [0.4, 0.5) is 0 Å². The van der Waals surface area contributed by atoms with Gasteiger partial charge in [0.25, 0.3) is 5.91 Å². The molecule has 1 aromatic heterocycles. The van der Waals surface area contributed by atoms with E-state index in [-0.39, 0.29) is 29.7 Å². The summed E-state index contributed by atoms with van der Waals surface area (Å²) in [6, 6.07) is 7.09. The number of aromatic hydroxyl groups is 1. The highest BCUT2D eigenvalue weighted by atomic mass is 16.3. The summed E-state index contributed by atoms with van der Waals surface area (Å²) < 4.78 is 0. The number of rotatable bonds is 2. The number of aliphatic hydroxyl groups excluding tert-OH is 2. The van der Waals surface area contributed by atoms with Crippen LogP contribution in [-0.4, -0.2) is 73.5 Å². The van der Waals surface area contributed by atoms with Crippen molar-refractivity contribution in [3.8, 4) is 17.6 Å². The van der Waals surface area contributed by atoms with Gasteiger partial charge in [-0.3, -0.25) is 19.3 Å². The number of phenols is 1. The van der Waals surface area contributed by atoms with Crippen molar-refractivity contribution in [2.75, 3.05) is 14.1 Å². The summed E-state index contributed by atoms with van der Waals surface area (Å²) in [6.07, 6.45) is 1.77. The van der Waals surface area contributed by atoms with Crippen LogP contribution in [0.5, 0.6) is 5.75 Å². The molecule has 10 nitrogen and oxygen atoms in total. The monoisotopic (exact) mass is 515 g/mol. The zero-order valence-corrected chi connectivity index (χ0v) is 20.6. The van der Waals surface area contributed by atoms with Gasteiger partial charge in [-0.1, -0.05) is 12.0 Å². The molecule has 0 saturated heterocycles. The maximum absolute atomic E-state index is 13.8. The number of hydrogen-bond acceptors (Lipinski definition) is 9. The van der Waals surface area contributed by atoms with E-state index >= 15 is 0 Å². The fourth-order valence-electron chi connectivity index (χ4n) is 5.93. The SMILES string of the molecule is CN(C)[C@H]1C(=O)C(C(N)=O)=C(O)[C@]2(O)C(=O)C3=C(O)c4c(O)ccc(C#Cc5ccccn5)c4C[C@@H]3C[C@H]12. The predicted molar refractivity (Wildman–Crippen MR) is 134 cm³/mol. The van der Waals surface area contributed by atoms with Crippen LogP contribution in [0.1, 0.15) is 28.8 Å². The number of phenolic OH excluding ortho intramolecular Hbond substituents is 1. The molecule has 4 atom stereocenters. The first-order chi connectivity index (χ1) is 18.0. The van der Waals surface area contributed by atoms with Gasteiger partial charge < -0.3 is 26.2 Å². The Kier molecular flexibility index (Phi) is 5.86. The molecule has 194 valence electrons. The maximum Gasteiger partial charge on any atom is 0.255 e. The molecule has 1 amide bonds. The Labute approximate surface area is 217 Å². The molecule has 6 N–H and O–H groups in total. The van der Waals surface area contributed by atoms with Crippen molar-refractivity contribution in [3.05, 3.63) is 75.8 Å². The molecule has 1 aromatic carbocycles. The molecule has 0 spiro atoms. The molecule has 38 heavy (non-hydrogen) atoms. The number of pyridine rings is 1. The topological polar surface area (TPSA) is 174 Å². The highest BCUT2D eigenvalue weighted by Crippen LogP contribution is 2.52. The second kappa shape index (κ2) is 8.83. The minimum Gasteiger partial charge on any atom is -0.508 e. The van der Waals surface area contributed by atoms with Gasteiger partial charge >= 0.3 is 0 Å². The number of carbonyl (C=O) groups is 3. The number of amides is 1. The highest BCUT2D eigenvalue weighted by molar-refractivity contribution is 6.24. The number of ketones is 2. The molecule has 0 radical (unpaired) electrons. The van der Waals surface area contributed by atoms with Gasteiger partial charge in [-0.25, -0.2) is 4.98 Å². The van der Waals surface area contributed by atoms with Gasteiger partial charge in [0.15, 0.2) is 11.4 Å². The van der Waals surface area contributed by atoms with Crippen LogP contribution in [0.2, 0.25) is 0 Å². The molecular weight excluding hydrogens is 490 g/mol. The van der Waals surface area contributed by atoms with Crippen LogP contribution < -0.4 is 5.73 Å². The Hall–Kier alpha value is -4.46. The fourth-order valence-corrected chi connectivity index (χ4v) is 5.93. The summed E-state index contributed by atoms with van der Waals surface area (Å²) >= 11 is 0. The minimum atomic E-state index is -2.67. The average molecular weight is 516 g/mol. The number of nitrogens with zero attached hydrogens (tertiary/aromatic N) is 2. The molecule has 1 heterocycles. The van der Waals surface area contributed by atoms with Crippen molar-refractivity contribution < 1.29 is 34.8 Å². The number of hydrogen-bond donors (Lipinski definition) is 5. The van der Waals surface area contributed by atoms with Gasteiger partial charge in [0.1, 0.15) is 28.5 Å². The molecule has 10 heteroatoms. The molecule has 1 saturated carbocycles. The normalized spacial score (nSPS) is 26.4. The number of benzene rings is 1. The lowest BCUT2D eigenvalue weighted by molar-refractivity contribution is -0.153. The Morgan fingerprint density at radius 1 is 1.13 bits per heavy atom. The van der Waals surface area contributed by atoms with E-state index in [9.17, 15) is 34.8 Å². The van der Waals surface area contributed by atoms with E-state index in [2.05, 4.69) is 16.8 Å². The molecular formula is C28H25N3O7. The van der Waals surface area contributed by atoms with E-state index in [1.165, 1.54) is 11.0 Å².